The molecule has 2 fully saturated rings. The minimum Gasteiger partial charge on any atom is -0.481 e. The molecule has 1 saturated heterocycles. The predicted octanol–water partition coefficient (Wildman–Crippen LogP) is 3.70. The Morgan fingerprint density at radius 1 is 1.25 bits per heavy atom. The molecule has 1 aliphatic heterocycles. The van der Waals surface area contributed by atoms with Crippen molar-refractivity contribution in [2.75, 3.05) is 13.1 Å². The first-order valence-corrected chi connectivity index (χ1v) is 10.1. The lowest BCUT2D eigenvalue weighted by molar-refractivity contribution is -0.152. The third-order valence-electron chi connectivity index (χ3n) is 6.87. The minimum absolute atomic E-state index is 0.0599. The Bertz CT molecular complexity index is 889. The lowest BCUT2D eigenvalue weighted by Crippen LogP contribution is -2.42. The minimum atomic E-state index is -0.650. The van der Waals surface area contributed by atoms with Gasteiger partial charge >= 0.3 is 5.97 Å². The van der Waals surface area contributed by atoms with E-state index in [0.29, 0.717) is 24.6 Å². The van der Waals surface area contributed by atoms with Crippen molar-refractivity contribution in [3.63, 3.8) is 0 Å². The first kappa shape index (κ1) is 18.9. The van der Waals surface area contributed by atoms with E-state index in [1.165, 1.54) is 5.56 Å². The number of carboxylic acids is 1. The van der Waals surface area contributed by atoms with Gasteiger partial charge < -0.3 is 9.67 Å². The summed E-state index contributed by atoms with van der Waals surface area (Å²) >= 11 is 0. The van der Waals surface area contributed by atoms with Gasteiger partial charge in [0, 0.05) is 44.1 Å². The summed E-state index contributed by atoms with van der Waals surface area (Å²) in [5.41, 5.74) is 2.46. The van der Waals surface area contributed by atoms with Crippen LogP contribution in [0.3, 0.4) is 0 Å². The van der Waals surface area contributed by atoms with E-state index in [9.17, 15) is 14.7 Å². The van der Waals surface area contributed by atoms with Gasteiger partial charge in [-0.1, -0.05) is 30.3 Å². The maximum atomic E-state index is 12.3. The molecule has 1 aromatic carbocycles. The highest BCUT2D eigenvalue weighted by molar-refractivity contribution is 5.94. The molecule has 28 heavy (non-hydrogen) atoms. The number of hydrogen-bond acceptors (Lipinski definition) is 3. The number of carbonyl (C=O) groups excluding carboxylic acids is 1. The molecule has 148 valence electrons. The lowest BCUT2D eigenvalue weighted by Gasteiger charge is -2.38. The molecule has 2 aliphatic rings. The summed E-state index contributed by atoms with van der Waals surface area (Å²) in [6, 6.07) is 12.4. The van der Waals surface area contributed by atoms with Crippen LogP contribution in [0.15, 0.2) is 42.6 Å². The predicted molar refractivity (Wildman–Crippen MR) is 107 cm³/mol. The summed E-state index contributed by atoms with van der Waals surface area (Å²) in [5.74, 6) is 0.0157. The Morgan fingerprint density at radius 2 is 2.00 bits per heavy atom. The summed E-state index contributed by atoms with van der Waals surface area (Å²) in [7, 11) is 1.95. The van der Waals surface area contributed by atoms with Gasteiger partial charge in [-0.25, -0.2) is 0 Å². The van der Waals surface area contributed by atoms with Crippen molar-refractivity contribution in [3.05, 3.63) is 59.4 Å². The average molecular weight is 380 g/mol. The highest BCUT2D eigenvalue weighted by Crippen LogP contribution is 2.51. The van der Waals surface area contributed by atoms with Crippen molar-refractivity contribution in [1.82, 2.24) is 9.47 Å². The highest BCUT2D eigenvalue weighted by atomic mass is 16.4. The van der Waals surface area contributed by atoms with E-state index >= 15 is 0 Å². The summed E-state index contributed by atoms with van der Waals surface area (Å²) in [6.07, 6.45) is 4.45. The smallest absolute Gasteiger partial charge is 0.311 e. The van der Waals surface area contributed by atoms with Crippen LogP contribution in [0.25, 0.3) is 0 Å². The van der Waals surface area contributed by atoms with Crippen LogP contribution in [0.5, 0.6) is 0 Å². The van der Waals surface area contributed by atoms with Crippen molar-refractivity contribution in [1.29, 1.82) is 0 Å². The number of nitrogens with zero attached hydrogens (tertiary/aromatic N) is 2. The van der Waals surface area contributed by atoms with Gasteiger partial charge in [-0.3, -0.25) is 14.5 Å². The molecule has 3 atom stereocenters. The van der Waals surface area contributed by atoms with Crippen LogP contribution < -0.4 is 0 Å². The molecule has 5 nitrogen and oxygen atoms in total. The summed E-state index contributed by atoms with van der Waals surface area (Å²) in [6.45, 7) is 3.66. The van der Waals surface area contributed by atoms with Crippen molar-refractivity contribution in [3.8, 4) is 0 Å². The van der Waals surface area contributed by atoms with Gasteiger partial charge in [0.25, 0.3) is 0 Å². The van der Waals surface area contributed by atoms with Gasteiger partial charge in [-0.2, -0.15) is 0 Å². The topological polar surface area (TPSA) is 62.5 Å². The number of aryl methyl sites for hydroxylation is 1. The zero-order chi connectivity index (χ0) is 19.9. The van der Waals surface area contributed by atoms with E-state index in [2.05, 4.69) is 29.2 Å². The Hall–Kier alpha value is -2.40. The number of carboxylic acid groups (broad SMARTS) is 1. The first-order chi connectivity index (χ1) is 13.4. The Kier molecular flexibility index (Phi) is 4.88. The number of likely N-dealkylation sites (tertiary alicyclic amines) is 1. The normalized spacial score (nSPS) is 27.5. The zero-order valence-corrected chi connectivity index (χ0v) is 16.6. The number of ketones is 1. The van der Waals surface area contributed by atoms with Gasteiger partial charge in [-0.15, -0.1) is 0 Å². The molecule has 5 heteroatoms. The summed E-state index contributed by atoms with van der Waals surface area (Å²) in [5, 5.41) is 10.1. The number of aliphatic carboxylic acids is 1. The highest BCUT2D eigenvalue weighted by Gasteiger charge is 2.54. The van der Waals surface area contributed by atoms with Crippen LogP contribution in [0, 0.1) is 11.3 Å². The van der Waals surface area contributed by atoms with Crippen LogP contribution >= 0.6 is 0 Å². The van der Waals surface area contributed by atoms with Crippen LogP contribution in [0.1, 0.15) is 53.7 Å². The number of rotatable bonds is 5. The molecule has 2 aromatic rings. The number of fused-ring (bicyclic) bond motifs is 1. The molecule has 0 bridgehead atoms. The van der Waals surface area contributed by atoms with E-state index in [1.807, 2.05) is 29.9 Å². The van der Waals surface area contributed by atoms with Gasteiger partial charge in [0.2, 0.25) is 0 Å². The fraction of sp³-hybridized carbons (Fsp3) is 0.478. The van der Waals surface area contributed by atoms with Crippen molar-refractivity contribution in [2.24, 2.45) is 18.4 Å². The number of aromatic nitrogens is 1. The SMILES string of the molecule is CC(=O)c1cc(CN2C[C@@H]3C[C@@H](c4ccccc4)CC[C@]3(C(=O)O)C2)n(C)c1. The van der Waals surface area contributed by atoms with Gasteiger partial charge in [0.15, 0.2) is 5.78 Å². The Morgan fingerprint density at radius 3 is 2.64 bits per heavy atom. The second-order valence-corrected chi connectivity index (χ2v) is 8.60. The quantitative estimate of drug-likeness (QED) is 0.804. The fourth-order valence-corrected chi connectivity index (χ4v) is 5.24. The van der Waals surface area contributed by atoms with Crippen LogP contribution in [0.4, 0.5) is 0 Å². The molecule has 0 unspecified atom stereocenters. The molecule has 1 saturated carbocycles. The molecule has 1 N–H and O–H groups in total. The molecule has 0 spiro atoms. The second kappa shape index (κ2) is 7.21. The van der Waals surface area contributed by atoms with E-state index in [4.69, 9.17) is 0 Å². The van der Waals surface area contributed by atoms with Crippen molar-refractivity contribution < 1.29 is 14.7 Å². The number of hydrogen-bond donors (Lipinski definition) is 1. The molecule has 0 radical (unpaired) electrons. The van der Waals surface area contributed by atoms with E-state index < -0.39 is 11.4 Å². The monoisotopic (exact) mass is 380 g/mol. The molecule has 2 heterocycles. The largest absolute Gasteiger partial charge is 0.481 e. The Balaban J connectivity index is 1.53. The van der Waals surface area contributed by atoms with Gasteiger partial charge in [0.05, 0.1) is 5.41 Å². The average Bonchev–Trinajstić information content (AvgIpc) is 3.23. The lowest BCUT2D eigenvalue weighted by atomic mass is 9.64. The molecule has 1 aliphatic carbocycles. The van der Waals surface area contributed by atoms with Gasteiger partial charge in [0.1, 0.15) is 0 Å². The van der Waals surface area contributed by atoms with Crippen molar-refractivity contribution >= 4 is 11.8 Å². The molecule has 1 aromatic heterocycles. The fourth-order valence-electron chi connectivity index (χ4n) is 5.24. The van der Waals surface area contributed by atoms with Crippen LogP contribution in [-0.4, -0.2) is 39.4 Å². The second-order valence-electron chi connectivity index (χ2n) is 8.60. The van der Waals surface area contributed by atoms with Crippen LogP contribution in [-0.2, 0) is 18.4 Å². The summed E-state index contributed by atoms with van der Waals surface area (Å²) < 4.78 is 1.99. The summed E-state index contributed by atoms with van der Waals surface area (Å²) in [4.78, 5) is 26.2. The standard InChI is InChI=1S/C23H28N2O3/c1-16(26)19-11-21(24(2)12-19)14-25-13-20-10-18(17-6-4-3-5-7-17)8-9-23(20,15-25)22(27)28/h3-7,11-12,18,20H,8-10,13-15H2,1-2H3,(H,27,28)/t18-,20-,23-/m0/s1. The van der Waals surface area contributed by atoms with E-state index in [-0.39, 0.29) is 11.7 Å². The third kappa shape index (κ3) is 3.28. The molecule has 4 rings (SSSR count). The maximum Gasteiger partial charge on any atom is 0.311 e. The molecular formula is C23H28N2O3. The number of Topliss-reactive ketones (excluding diaryl/α,β-unsaturated/α-hetero) is 1. The van der Waals surface area contributed by atoms with E-state index in [0.717, 1.165) is 31.5 Å². The third-order valence-corrected chi connectivity index (χ3v) is 6.87. The van der Waals surface area contributed by atoms with Gasteiger partial charge in [-0.05, 0) is 49.7 Å². The number of carbonyl (C=O) groups is 2. The Labute approximate surface area is 166 Å². The first-order valence-electron chi connectivity index (χ1n) is 10.1. The zero-order valence-electron chi connectivity index (χ0n) is 16.6. The molecular weight excluding hydrogens is 352 g/mol. The van der Waals surface area contributed by atoms with E-state index in [1.54, 1.807) is 6.92 Å². The molecule has 0 amide bonds. The maximum absolute atomic E-state index is 12.3. The van der Waals surface area contributed by atoms with Crippen LogP contribution in [0.2, 0.25) is 0 Å². The number of benzene rings is 1. The van der Waals surface area contributed by atoms with Crippen molar-refractivity contribution in [2.45, 2.75) is 38.6 Å².